The van der Waals surface area contributed by atoms with E-state index in [1.807, 2.05) is 19.1 Å². The molecule has 1 fully saturated rings. The van der Waals surface area contributed by atoms with Crippen LogP contribution in [-0.2, 0) is 0 Å². The largest absolute Gasteiger partial charge is 0.369 e. The van der Waals surface area contributed by atoms with Gasteiger partial charge in [-0.05, 0) is 48.6 Å². The molecule has 0 radical (unpaired) electrons. The number of hydrogen-bond donors (Lipinski definition) is 4. The van der Waals surface area contributed by atoms with Gasteiger partial charge in [0.2, 0.25) is 5.82 Å². The number of anilines is 3. The van der Waals surface area contributed by atoms with Crippen LogP contribution in [0, 0.1) is 5.41 Å². The SMILES string of the molecule is CC(N)CNc1nonc1C(=N)N(O)c1ccc(N2CCN(C)CC2)cc1. The maximum absolute atomic E-state index is 10.4. The molecule has 3 rings (SSSR count). The maximum atomic E-state index is 10.4. The Morgan fingerprint density at radius 3 is 2.59 bits per heavy atom. The Bertz CT molecular complexity index is 753. The van der Waals surface area contributed by atoms with Gasteiger partial charge in [0, 0.05) is 44.5 Å². The number of benzene rings is 1. The van der Waals surface area contributed by atoms with Gasteiger partial charge in [-0.2, -0.15) is 0 Å². The summed E-state index contributed by atoms with van der Waals surface area (Å²) in [4.78, 5) is 4.60. The minimum atomic E-state index is -0.240. The zero-order valence-corrected chi connectivity index (χ0v) is 15.6. The highest BCUT2D eigenvalue weighted by molar-refractivity contribution is 6.07. The molecule has 1 aromatic heterocycles. The molecule has 0 spiro atoms. The third-order valence-corrected chi connectivity index (χ3v) is 4.48. The van der Waals surface area contributed by atoms with E-state index in [1.165, 1.54) is 0 Å². The fraction of sp³-hybridized carbons (Fsp3) is 0.471. The van der Waals surface area contributed by atoms with Gasteiger partial charge < -0.3 is 20.9 Å². The van der Waals surface area contributed by atoms with Crippen molar-refractivity contribution in [3.05, 3.63) is 30.0 Å². The van der Waals surface area contributed by atoms with Crippen molar-refractivity contribution in [1.29, 1.82) is 5.41 Å². The third-order valence-electron chi connectivity index (χ3n) is 4.48. The van der Waals surface area contributed by atoms with E-state index in [1.54, 1.807) is 12.1 Å². The van der Waals surface area contributed by atoms with E-state index in [0.29, 0.717) is 12.2 Å². The van der Waals surface area contributed by atoms with Gasteiger partial charge in [0.05, 0.1) is 5.69 Å². The van der Waals surface area contributed by atoms with Crippen LogP contribution in [0.1, 0.15) is 12.6 Å². The van der Waals surface area contributed by atoms with Crippen molar-refractivity contribution in [3.8, 4) is 0 Å². The first-order chi connectivity index (χ1) is 13.0. The van der Waals surface area contributed by atoms with Crippen LogP contribution >= 0.6 is 0 Å². The molecule has 0 saturated carbocycles. The molecule has 1 atom stereocenters. The first kappa shape index (κ1) is 19.1. The number of nitrogens with one attached hydrogen (secondary N) is 2. The minimum Gasteiger partial charge on any atom is -0.369 e. The normalized spacial score (nSPS) is 16.2. The fourth-order valence-corrected chi connectivity index (χ4v) is 2.82. The standard InChI is InChI=1S/C17H26N8O2/c1-12(18)11-20-17-15(21-27-22-17)16(19)25(26)14-5-3-13(4-6-14)24-9-7-23(2)8-10-24/h3-6,12,19,26H,7-11,18H2,1-2H3,(H,20,22). The molecule has 1 aliphatic rings. The zero-order valence-electron chi connectivity index (χ0n) is 15.6. The van der Waals surface area contributed by atoms with Crippen molar-refractivity contribution in [1.82, 2.24) is 15.2 Å². The Morgan fingerprint density at radius 1 is 1.30 bits per heavy atom. The summed E-state index contributed by atoms with van der Waals surface area (Å²) in [6.45, 7) is 6.26. The van der Waals surface area contributed by atoms with Gasteiger partial charge in [-0.1, -0.05) is 0 Å². The molecule has 1 saturated heterocycles. The molecule has 2 heterocycles. The molecular formula is C17H26N8O2. The third kappa shape index (κ3) is 4.54. The Kier molecular flexibility index (Phi) is 5.89. The summed E-state index contributed by atoms with van der Waals surface area (Å²) >= 11 is 0. The quantitative estimate of drug-likeness (QED) is 0.329. The first-order valence-corrected chi connectivity index (χ1v) is 8.89. The Labute approximate surface area is 158 Å². The summed E-state index contributed by atoms with van der Waals surface area (Å²) in [6, 6.07) is 7.31. The average molecular weight is 374 g/mol. The molecule has 2 aromatic rings. The predicted octanol–water partition coefficient (Wildman–Crippen LogP) is 0.802. The second-order valence-corrected chi connectivity index (χ2v) is 6.79. The van der Waals surface area contributed by atoms with E-state index >= 15 is 0 Å². The molecule has 0 amide bonds. The number of aromatic nitrogens is 2. The zero-order chi connectivity index (χ0) is 19.4. The number of hydrogen-bond acceptors (Lipinski definition) is 9. The van der Waals surface area contributed by atoms with Crippen molar-refractivity contribution in [2.75, 3.05) is 55.1 Å². The lowest BCUT2D eigenvalue weighted by molar-refractivity contribution is 0.300. The van der Waals surface area contributed by atoms with E-state index < -0.39 is 0 Å². The van der Waals surface area contributed by atoms with E-state index in [-0.39, 0.29) is 23.4 Å². The molecule has 146 valence electrons. The smallest absolute Gasteiger partial charge is 0.202 e. The number of nitrogens with zero attached hydrogens (tertiary/aromatic N) is 5. The molecule has 10 nitrogen and oxygen atoms in total. The van der Waals surface area contributed by atoms with Crippen LogP contribution < -0.4 is 21.0 Å². The van der Waals surface area contributed by atoms with Crippen LogP contribution in [0.15, 0.2) is 28.9 Å². The Hall–Kier alpha value is -2.69. The summed E-state index contributed by atoms with van der Waals surface area (Å²) in [5.41, 5.74) is 7.37. The van der Waals surface area contributed by atoms with Gasteiger partial charge >= 0.3 is 0 Å². The number of amidine groups is 1. The number of likely N-dealkylation sites (N-methyl/N-ethyl adjacent to an activating group) is 1. The van der Waals surface area contributed by atoms with Gasteiger partial charge in [-0.25, -0.2) is 9.69 Å². The lowest BCUT2D eigenvalue weighted by Gasteiger charge is -2.34. The predicted molar refractivity (Wildman–Crippen MR) is 104 cm³/mol. The van der Waals surface area contributed by atoms with Crippen LogP contribution in [0.2, 0.25) is 0 Å². The molecule has 1 unspecified atom stereocenters. The molecule has 27 heavy (non-hydrogen) atoms. The monoisotopic (exact) mass is 374 g/mol. The second kappa shape index (κ2) is 8.33. The summed E-state index contributed by atoms with van der Waals surface area (Å²) in [5, 5.41) is 29.8. The van der Waals surface area contributed by atoms with E-state index in [2.05, 4.69) is 32.5 Å². The topological polar surface area (TPSA) is 131 Å². The van der Waals surface area contributed by atoms with Crippen LogP contribution in [0.3, 0.4) is 0 Å². The number of nitrogens with two attached hydrogens (primary N) is 1. The van der Waals surface area contributed by atoms with Crippen LogP contribution in [0.5, 0.6) is 0 Å². The Balaban J connectivity index is 1.68. The highest BCUT2D eigenvalue weighted by atomic mass is 16.6. The summed E-state index contributed by atoms with van der Waals surface area (Å²) in [6.07, 6.45) is 0. The highest BCUT2D eigenvalue weighted by Gasteiger charge is 2.21. The van der Waals surface area contributed by atoms with Gasteiger partial charge in [0.15, 0.2) is 11.5 Å². The van der Waals surface area contributed by atoms with E-state index in [4.69, 9.17) is 15.8 Å². The van der Waals surface area contributed by atoms with E-state index in [9.17, 15) is 5.21 Å². The molecule has 10 heteroatoms. The summed E-state index contributed by atoms with van der Waals surface area (Å²) in [5.74, 6) is 0.0289. The first-order valence-electron chi connectivity index (χ1n) is 8.89. The van der Waals surface area contributed by atoms with Crippen LogP contribution in [0.25, 0.3) is 0 Å². The maximum Gasteiger partial charge on any atom is 0.202 e. The lowest BCUT2D eigenvalue weighted by atomic mass is 10.2. The lowest BCUT2D eigenvalue weighted by Crippen LogP contribution is -2.44. The Morgan fingerprint density at radius 2 is 1.96 bits per heavy atom. The molecule has 1 aromatic carbocycles. The van der Waals surface area contributed by atoms with Gasteiger partial charge in [-0.3, -0.25) is 10.6 Å². The number of rotatable bonds is 6. The average Bonchev–Trinajstić information content (AvgIpc) is 3.14. The van der Waals surface area contributed by atoms with Crippen molar-refractivity contribution >= 4 is 23.0 Å². The number of hydroxylamine groups is 1. The fourth-order valence-electron chi connectivity index (χ4n) is 2.82. The van der Waals surface area contributed by atoms with Crippen molar-refractivity contribution in [2.24, 2.45) is 5.73 Å². The second-order valence-electron chi connectivity index (χ2n) is 6.79. The highest BCUT2D eigenvalue weighted by Crippen LogP contribution is 2.23. The van der Waals surface area contributed by atoms with Gasteiger partial charge in [-0.15, -0.1) is 0 Å². The molecule has 0 aliphatic carbocycles. The summed E-state index contributed by atoms with van der Waals surface area (Å²) in [7, 11) is 2.12. The molecule has 5 N–H and O–H groups in total. The van der Waals surface area contributed by atoms with Crippen LogP contribution in [-0.4, -0.2) is 72.1 Å². The van der Waals surface area contributed by atoms with E-state index in [0.717, 1.165) is 36.9 Å². The molecule has 0 bridgehead atoms. The minimum absolute atomic E-state index is 0.101. The van der Waals surface area contributed by atoms with Crippen molar-refractivity contribution in [2.45, 2.75) is 13.0 Å². The molecular weight excluding hydrogens is 348 g/mol. The van der Waals surface area contributed by atoms with Crippen molar-refractivity contribution in [3.63, 3.8) is 0 Å². The summed E-state index contributed by atoms with van der Waals surface area (Å²) < 4.78 is 4.70. The van der Waals surface area contributed by atoms with Gasteiger partial charge in [0.1, 0.15) is 0 Å². The number of piperazine rings is 1. The van der Waals surface area contributed by atoms with Crippen LogP contribution in [0.4, 0.5) is 17.2 Å². The molecule has 1 aliphatic heterocycles. The van der Waals surface area contributed by atoms with Crippen molar-refractivity contribution < 1.29 is 9.84 Å². The van der Waals surface area contributed by atoms with Gasteiger partial charge in [0.25, 0.3) is 0 Å².